The Morgan fingerprint density at radius 1 is 0.500 bits per heavy atom. The lowest BCUT2D eigenvalue weighted by Crippen LogP contribution is -2.42. The molecule has 0 saturated carbocycles. The van der Waals surface area contributed by atoms with Crippen molar-refractivity contribution in [1.29, 1.82) is 0 Å². The summed E-state index contributed by atoms with van der Waals surface area (Å²) >= 11 is 0. The first kappa shape index (κ1) is 36.3. The molecule has 0 unspecified atom stereocenters. The highest BCUT2D eigenvalue weighted by atomic mass is 16.3. The third kappa shape index (κ3) is 8.99. The van der Waals surface area contributed by atoms with Gasteiger partial charge in [0, 0.05) is 74.6 Å². The highest BCUT2D eigenvalue weighted by Crippen LogP contribution is 2.34. The van der Waals surface area contributed by atoms with Gasteiger partial charge in [0.25, 0.3) is 0 Å². The highest BCUT2D eigenvalue weighted by Gasteiger charge is 2.29. The summed E-state index contributed by atoms with van der Waals surface area (Å²) in [5.41, 5.74) is 6.46. The van der Waals surface area contributed by atoms with Gasteiger partial charge in [0.05, 0.1) is 0 Å². The van der Waals surface area contributed by atoms with Gasteiger partial charge in [0.15, 0.2) is 0 Å². The van der Waals surface area contributed by atoms with Crippen LogP contribution in [0.1, 0.15) is 128 Å². The molecule has 1 aliphatic heterocycles. The van der Waals surface area contributed by atoms with Crippen molar-refractivity contribution in [3.05, 3.63) is 57.6 Å². The largest absolute Gasteiger partial charge is 0.507 e. The van der Waals surface area contributed by atoms with Crippen LogP contribution >= 0.6 is 0 Å². The number of phenols is 2. The molecule has 2 aromatic carbocycles. The molecular formula is C38H64N4O2. The zero-order chi connectivity index (χ0) is 32.8. The Morgan fingerprint density at radius 2 is 0.727 bits per heavy atom. The topological polar surface area (TPSA) is 88.6 Å². The van der Waals surface area contributed by atoms with Crippen molar-refractivity contribution in [2.45, 2.75) is 132 Å². The molecule has 44 heavy (non-hydrogen) atoms. The van der Waals surface area contributed by atoms with Gasteiger partial charge in [0.2, 0.25) is 0 Å². The van der Waals surface area contributed by atoms with Crippen molar-refractivity contribution in [3.63, 3.8) is 0 Å². The molecule has 0 aliphatic carbocycles. The smallest absolute Gasteiger partial charge is 0.124 e. The van der Waals surface area contributed by atoms with E-state index in [1.54, 1.807) is 0 Å². The Balaban J connectivity index is 2.01. The summed E-state index contributed by atoms with van der Waals surface area (Å²) in [4.78, 5) is 0. The number of phenolic OH excluding ortho intramolecular Hbond substituents is 2. The SMILES string of the molecule is CCC1(CC)CNCc2cc(C(C)(C)C)cc(c2O)CNCC(CC)(CC)CNCc2cc(C(C)(C)C)cc(c2O)CNC1. The monoisotopic (exact) mass is 609 g/mol. The van der Waals surface area contributed by atoms with E-state index in [9.17, 15) is 10.2 Å². The average Bonchev–Trinajstić information content (AvgIpc) is 2.97. The minimum Gasteiger partial charge on any atom is -0.507 e. The summed E-state index contributed by atoms with van der Waals surface area (Å²) < 4.78 is 0. The summed E-state index contributed by atoms with van der Waals surface area (Å²) in [6.45, 7) is 28.4. The average molecular weight is 609 g/mol. The second-order valence-electron chi connectivity index (χ2n) is 15.6. The minimum absolute atomic E-state index is 0.0136. The molecule has 0 aromatic heterocycles. The number of hydrogen-bond donors (Lipinski definition) is 6. The lowest BCUT2D eigenvalue weighted by Gasteiger charge is -2.34. The molecule has 6 heteroatoms. The Kier molecular flexibility index (Phi) is 12.4. The number of aromatic hydroxyl groups is 2. The van der Waals surface area contributed by atoms with Crippen LogP contribution in [0.25, 0.3) is 0 Å². The van der Waals surface area contributed by atoms with E-state index in [4.69, 9.17) is 0 Å². The van der Waals surface area contributed by atoms with Crippen molar-refractivity contribution in [3.8, 4) is 11.5 Å². The standard InChI is InChI=1S/C38H64N4O2/c1-11-37(12-2)23-39-19-27-15-31(35(5,6)7)17-29(33(27)43)21-41-25-38(13-3,14-4)26-42-22-30-18-32(36(8,9)10)16-28(34(30)44)20-40-24-37/h15-18,39-44H,11-14,19-26H2,1-10H3. The van der Waals surface area contributed by atoms with Crippen LogP contribution < -0.4 is 21.3 Å². The normalized spacial score (nSPS) is 19.0. The maximum absolute atomic E-state index is 11.4. The van der Waals surface area contributed by atoms with Crippen molar-refractivity contribution >= 4 is 0 Å². The van der Waals surface area contributed by atoms with Crippen LogP contribution in [0.4, 0.5) is 0 Å². The molecule has 4 bridgehead atoms. The van der Waals surface area contributed by atoms with Gasteiger partial charge in [0.1, 0.15) is 11.5 Å². The van der Waals surface area contributed by atoms with Crippen LogP contribution in [-0.4, -0.2) is 36.4 Å². The molecule has 0 saturated heterocycles. The number of nitrogens with one attached hydrogen (secondary N) is 4. The lowest BCUT2D eigenvalue weighted by molar-refractivity contribution is 0.233. The van der Waals surface area contributed by atoms with Gasteiger partial charge >= 0.3 is 0 Å². The van der Waals surface area contributed by atoms with E-state index >= 15 is 0 Å². The van der Waals surface area contributed by atoms with Crippen LogP contribution in [0.3, 0.4) is 0 Å². The first-order valence-electron chi connectivity index (χ1n) is 17.2. The first-order chi connectivity index (χ1) is 20.6. The van der Waals surface area contributed by atoms with E-state index in [1.807, 2.05) is 0 Å². The van der Waals surface area contributed by atoms with Gasteiger partial charge in [-0.1, -0.05) is 93.5 Å². The van der Waals surface area contributed by atoms with E-state index in [1.165, 1.54) is 11.1 Å². The molecular weight excluding hydrogens is 544 g/mol. The number of benzene rings is 2. The van der Waals surface area contributed by atoms with Crippen molar-refractivity contribution in [2.24, 2.45) is 10.8 Å². The Bertz CT molecular complexity index is 1050. The van der Waals surface area contributed by atoms with Gasteiger partial charge < -0.3 is 31.5 Å². The molecule has 3 rings (SSSR count). The molecule has 0 atom stereocenters. The van der Waals surface area contributed by atoms with Crippen LogP contribution in [0.15, 0.2) is 24.3 Å². The molecule has 0 spiro atoms. The second kappa shape index (κ2) is 15.0. The summed E-state index contributed by atoms with van der Waals surface area (Å²) in [6.07, 6.45) is 4.14. The quantitative estimate of drug-likeness (QED) is 0.217. The Labute approximate surface area is 269 Å². The lowest BCUT2D eigenvalue weighted by atomic mass is 9.81. The third-order valence-electron chi connectivity index (χ3n) is 10.5. The molecule has 6 N–H and O–H groups in total. The van der Waals surface area contributed by atoms with Gasteiger partial charge in [-0.05, 0) is 58.5 Å². The number of hydrogen-bond acceptors (Lipinski definition) is 6. The van der Waals surface area contributed by atoms with Crippen molar-refractivity contribution in [1.82, 2.24) is 21.3 Å². The number of fused-ring (bicyclic) bond motifs is 4. The van der Waals surface area contributed by atoms with E-state index < -0.39 is 0 Å². The van der Waals surface area contributed by atoms with Gasteiger partial charge in [-0.25, -0.2) is 0 Å². The maximum Gasteiger partial charge on any atom is 0.124 e. The predicted octanol–water partition coefficient (Wildman–Crippen LogP) is 7.38. The van der Waals surface area contributed by atoms with Crippen molar-refractivity contribution < 1.29 is 10.2 Å². The molecule has 1 heterocycles. The fourth-order valence-electron chi connectivity index (χ4n) is 6.40. The summed E-state index contributed by atoms with van der Waals surface area (Å²) in [5.74, 6) is 0.814. The molecule has 248 valence electrons. The summed E-state index contributed by atoms with van der Waals surface area (Å²) in [5, 5.41) is 37.8. The molecule has 1 aliphatic rings. The van der Waals surface area contributed by atoms with Gasteiger partial charge in [-0.3, -0.25) is 0 Å². The van der Waals surface area contributed by atoms with E-state index in [2.05, 4.69) is 115 Å². The fourth-order valence-corrected chi connectivity index (χ4v) is 6.40. The Morgan fingerprint density at radius 3 is 0.909 bits per heavy atom. The van der Waals surface area contributed by atoms with Gasteiger partial charge in [-0.2, -0.15) is 0 Å². The van der Waals surface area contributed by atoms with Crippen LogP contribution in [0.5, 0.6) is 11.5 Å². The molecule has 0 amide bonds. The van der Waals surface area contributed by atoms with E-state index in [0.717, 1.165) is 74.1 Å². The molecule has 0 fully saturated rings. The van der Waals surface area contributed by atoms with E-state index in [0.29, 0.717) is 37.7 Å². The maximum atomic E-state index is 11.4. The fraction of sp³-hybridized carbons (Fsp3) is 0.684. The zero-order valence-electron chi connectivity index (χ0n) is 29.7. The zero-order valence-corrected chi connectivity index (χ0v) is 29.7. The van der Waals surface area contributed by atoms with Crippen LogP contribution in [0, 0.1) is 10.8 Å². The molecule has 6 nitrogen and oxygen atoms in total. The van der Waals surface area contributed by atoms with E-state index in [-0.39, 0.29) is 21.7 Å². The molecule has 2 aromatic rings. The third-order valence-corrected chi connectivity index (χ3v) is 10.5. The van der Waals surface area contributed by atoms with Crippen molar-refractivity contribution in [2.75, 3.05) is 26.2 Å². The summed E-state index contributed by atoms with van der Waals surface area (Å²) in [6, 6.07) is 8.74. The van der Waals surface area contributed by atoms with Gasteiger partial charge in [-0.15, -0.1) is 0 Å². The summed E-state index contributed by atoms with van der Waals surface area (Å²) in [7, 11) is 0. The first-order valence-corrected chi connectivity index (χ1v) is 17.2. The minimum atomic E-state index is -0.0136. The predicted molar refractivity (Wildman–Crippen MR) is 186 cm³/mol. The van der Waals surface area contributed by atoms with Crippen LogP contribution in [0.2, 0.25) is 0 Å². The molecule has 0 radical (unpaired) electrons. The number of rotatable bonds is 4. The second-order valence-corrected chi connectivity index (χ2v) is 15.6. The van der Waals surface area contributed by atoms with Crippen LogP contribution in [-0.2, 0) is 37.0 Å². The highest BCUT2D eigenvalue weighted by molar-refractivity contribution is 5.47. The Hall–Kier alpha value is -2.12.